The lowest BCUT2D eigenvalue weighted by Gasteiger charge is -2.33. The molecule has 2 saturated heterocycles. The number of urea groups is 1. The van der Waals surface area contributed by atoms with Crippen molar-refractivity contribution in [3.63, 3.8) is 0 Å². The minimum Gasteiger partial charge on any atom is -0.338 e. The largest absolute Gasteiger partial charge is 0.338 e. The molecule has 0 bridgehead atoms. The van der Waals surface area contributed by atoms with Crippen LogP contribution in [0.4, 0.5) is 10.5 Å². The highest BCUT2D eigenvalue weighted by molar-refractivity contribution is 6.35. The van der Waals surface area contributed by atoms with E-state index in [9.17, 15) is 19.6 Å². The molecule has 9 nitrogen and oxygen atoms in total. The molecule has 0 aromatic heterocycles. The molecule has 0 radical (unpaired) electrons. The lowest BCUT2D eigenvalue weighted by Crippen LogP contribution is -2.54. The predicted molar refractivity (Wildman–Crippen MR) is 137 cm³/mol. The molecular weight excluding hydrogens is 503 g/mol. The first-order valence-electron chi connectivity index (χ1n) is 11.5. The first kappa shape index (κ1) is 25.9. The summed E-state index contributed by atoms with van der Waals surface area (Å²) in [6, 6.07) is 12.9. The van der Waals surface area contributed by atoms with Gasteiger partial charge < -0.3 is 20.9 Å². The number of imide groups is 1. The van der Waals surface area contributed by atoms with Gasteiger partial charge in [0.2, 0.25) is 5.91 Å². The smallest absolute Gasteiger partial charge is 0.332 e. The summed E-state index contributed by atoms with van der Waals surface area (Å²) in [6.45, 7) is 1.47. The molecule has 4 rings (SSSR count). The molecule has 188 valence electrons. The van der Waals surface area contributed by atoms with Crippen molar-refractivity contribution in [3.8, 4) is 6.07 Å². The zero-order valence-electron chi connectivity index (χ0n) is 19.7. The van der Waals surface area contributed by atoms with E-state index in [-0.39, 0.29) is 41.3 Å². The molecule has 2 aromatic rings. The van der Waals surface area contributed by atoms with Crippen molar-refractivity contribution < 1.29 is 14.4 Å². The fourth-order valence-electron chi connectivity index (χ4n) is 4.93. The Bertz CT molecular complexity index is 1210. The second-order valence-electron chi connectivity index (χ2n) is 8.91. The van der Waals surface area contributed by atoms with Gasteiger partial charge in [0.05, 0.1) is 30.4 Å². The Morgan fingerprint density at radius 2 is 1.86 bits per heavy atom. The van der Waals surface area contributed by atoms with Crippen LogP contribution in [0.1, 0.15) is 23.5 Å². The lowest BCUT2D eigenvalue weighted by atomic mass is 9.80. The van der Waals surface area contributed by atoms with Gasteiger partial charge in [-0.1, -0.05) is 35.3 Å². The van der Waals surface area contributed by atoms with E-state index in [2.05, 4.69) is 11.4 Å². The van der Waals surface area contributed by atoms with E-state index in [0.29, 0.717) is 18.7 Å². The van der Waals surface area contributed by atoms with Gasteiger partial charge in [-0.2, -0.15) is 5.26 Å². The molecule has 4 amide bonds. The van der Waals surface area contributed by atoms with E-state index in [0.717, 1.165) is 16.9 Å². The number of rotatable bonds is 7. The summed E-state index contributed by atoms with van der Waals surface area (Å²) in [4.78, 5) is 44.7. The van der Waals surface area contributed by atoms with E-state index in [1.165, 1.54) is 23.1 Å². The van der Waals surface area contributed by atoms with Gasteiger partial charge >= 0.3 is 6.03 Å². The van der Waals surface area contributed by atoms with Crippen molar-refractivity contribution in [2.24, 2.45) is 5.73 Å². The van der Waals surface area contributed by atoms with Crippen LogP contribution in [-0.4, -0.2) is 73.0 Å². The third kappa shape index (κ3) is 4.53. The third-order valence-electron chi connectivity index (χ3n) is 6.80. The molecule has 2 aliphatic rings. The van der Waals surface area contributed by atoms with E-state index < -0.39 is 23.4 Å². The highest BCUT2D eigenvalue weighted by Crippen LogP contribution is 2.46. The number of likely N-dealkylation sites (N-methyl/N-ethyl adjacent to an activating group) is 1. The number of nitrogens with one attached hydrogen (secondary N) is 1. The molecule has 36 heavy (non-hydrogen) atoms. The normalized spacial score (nSPS) is 21.5. The van der Waals surface area contributed by atoms with Crippen molar-refractivity contribution >= 4 is 46.7 Å². The van der Waals surface area contributed by atoms with Crippen LogP contribution in [0.2, 0.25) is 10.0 Å². The number of carbonyl (C=O) groups excluding carboxylic acids is 3. The average molecular weight is 529 g/mol. The van der Waals surface area contributed by atoms with Crippen LogP contribution in [0.25, 0.3) is 0 Å². The SMILES string of the molecule is CN1C(=O)N(c2cc(Cl)cc(Cl)c2)C(=O)C12CN(C(=O)CNCCCN)CC2c1ccc(C#N)cc1. The van der Waals surface area contributed by atoms with Gasteiger partial charge in [0.15, 0.2) is 0 Å². The van der Waals surface area contributed by atoms with Gasteiger partial charge in [0.1, 0.15) is 5.54 Å². The van der Waals surface area contributed by atoms with Crippen LogP contribution in [0.5, 0.6) is 0 Å². The van der Waals surface area contributed by atoms with E-state index >= 15 is 0 Å². The van der Waals surface area contributed by atoms with Crippen LogP contribution in [0, 0.1) is 11.3 Å². The van der Waals surface area contributed by atoms with Gasteiger partial charge in [0, 0.05) is 29.6 Å². The van der Waals surface area contributed by atoms with Crippen molar-refractivity contribution in [1.82, 2.24) is 15.1 Å². The van der Waals surface area contributed by atoms with E-state index in [1.807, 2.05) is 0 Å². The molecule has 0 saturated carbocycles. The number of likely N-dealkylation sites (tertiary alicyclic amines) is 1. The Balaban J connectivity index is 1.73. The number of nitrogens with zero attached hydrogens (tertiary/aromatic N) is 4. The number of halogens is 2. The number of benzene rings is 2. The Morgan fingerprint density at radius 3 is 2.47 bits per heavy atom. The summed E-state index contributed by atoms with van der Waals surface area (Å²) in [5, 5.41) is 12.9. The Kier molecular flexibility index (Phi) is 7.52. The number of nitrogens with two attached hydrogens (primary N) is 1. The molecular formula is C25H26Cl2N6O3. The fraction of sp³-hybridized carbons (Fsp3) is 0.360. The van der Waals surface area contributed by atoms with Crippen molar-refractivity contribution in [3.05, 3.63) is 63.6 Å². The number of carbonyl (C=O) groups is 3. The van der Waals surface area contributed by atoms with Crippen LogP contribution in [0.15, 0.2) is 42.5 Å². The summed E-state index contributed by atoms with van der Waals surface area (Å²) in [5.41, 5.74) is 5.66. The first-order chi connectivity index (χ1) is 17.2. The second kappa shape index (κ2) is 10.4. The van der Waals surface area contributed by atoms with Crippen molar-refractivity contribution in [1.29, 1.82) is 5.26 Å². The zero-order chi connectivity index (χ0) is 26.0. The summed E-state index contributed by atoms with van der Waals surface area (Å²) in [7, 11) is 1.57. The fourth-order valence-corrected chi connectivity index (χ4v) is 5.44. The standard InChI is InChI=1S/C25H26Cl2N6O3/c1-31-24(36)33(20-10-18(26)9-19(27)11-20)23(35)25(31)15-32(22(34)13-30-8-2-7-28)14-21(25)17-5-3-16(12-29)4-6-17/h3-6,9-11,21,30H,2,7-8,13-15,28H2,1H3. The molecule has 3 N–H and O–H groups in total. The quantitative estimate of drug-likeness (QED) is 0.420. The van der Waals surface area contributed by atoms with Crippen LogP contribution < -0.4 is 16.0 Å². The number of anilines is 1. The highest BCUT2D eigenvalue weighted by Gasteiger charge is 2.64. The van der Waals surface area contributed by atoms with Crippen molar-refractivity contribution in [2.45, 2.75) is 17.9 Å². The lowest BCUT2D eigenvalue weighted by molar-refractivity contribution is -0.130. The topological polar surface area (TPSA) is 123 Å². The summed E-state index contributed by atoms with van der Waals surface area (Å²) < 4.78 is 0. The molecule has 1 spiro atoms. The number of amides is 4. The van der Waals surface area contributed by atoms with E-state index in [4.69, 9.17) is 28.9 Å². The van der Waals surface area contributed by atoms with Gasteiger partial charge in [-0.3, -0.25) is 9.59 Å². The van der Waals surface area contributed by atoms with Gasteiger partial charge in [-0.05, 0) is 55.4 Å². The van der Waals surface area contributed by atoms with Crippen LogP contribution >= 0.6 is 23.2 Å². The average Bonchev–Trinajstić information content (AvgIpc) is 3.34. The third-order valence-corrected chi connectivity index (χ3v) is 7.23. The summed E-state index contributed by atoms with van der Waals surface area (Å²) in [6.07, 6.45) is 0.734. The molecule has 11 heteroatoms. The molecule has 2 fully saturated rings. The Labute approximate surface area is 219 Å². The molecule has 2 aromatic carbocycles. The van der Waals surface area contributed by atoms with Crippen molar-refractivity contribution in [2.75, 3.05) is 44.7 Å². The minimum atomic E-state index is -1.34. The Morgan fingerprint density at radius 1 is 1.19 bits per heavy atom. The van der Waals surface area contributed by atoms with Gasteiger partial charge in [0.25, 0.3) is 5.91 Å². The maximum atomic E-state index is 14.1. The molecule has 0 aliphatic carbocycles. The highest BCUT2D eigenvalue weighted by atomic mass is 35.5. The maximum Gasteiger partial charge on any atom is 0.332 e. The van der Waals surface area contributed by atoms with Gasteiger partial charge in [-0.25, -0.2) is 9.69 Å². The number of nitriles is 1. The molecule has 2 heterocycles. The van der Waals surface area contributed by atoms with Crippen LogP contribution in [-0.2, 0) is 9.59 Å². The monoisotopic (exact) mass is 528 g/mol. The number of hydrogen-bond donors (Lipinski definition) is 2. The second-order valence-corrected chi connectivity index (χ2v) is 9.79. The summed E-state index contributed by atoms with van der Waals surface area (Å²) >= 11 is 12.3. The molecule has 2 aliphatic heterocycles. The van der Waals surface area contributed by atoms with Crippen LogP contribution in [0.3, 0.4) is 0 Å². The maximum absolute atomic E-state index is 14.1. The number of hydrogen-bond acceptors (Lipinski definition) is 6. The Hall–Kier alpha value is -3.16. The summed E-state index contributed by atoms with van der Waals surface area (Å²) in [5.74, 6) is -1.16. The van der Waals surface area contributed by atoms with Gasteiger partial charge in [-0.15, -0.1) is 0 Å². The molecule has 2 unspecified atom stereocenters. The first-order valence-corrected chi connectivity index (χ1v) is 12.3. The van der Waals surface area contributed by atoms with E-state index in [1.54, 1.807) is 36.2 Å². The molecule has 2 atom stereocenters. The zero-order valence-corrected chi connectivity index (χ0v) is 21.2. The minimum absolute atomic E-state index is 0.0287. The predicted octanol–water partition coefficient (Wildman–Crippen LogP) is 2.57.